The summed E-state index contributed by atoms with van der Waals surface area (Å²) in [6.45, 7) is 12.2. The van der Waals surface area contributed by atoms with Crippen LogP contribution in [0.4, 0.5) is 0 Å². The molecule has 0 saturated carbocycles. The van der Waals surface area contributed by atoms with Gasteiger partial charge in [0.2, 0.25) is 0 Å². The van der Waals surface area contributed by atoms with Crippen LogP contribution in [0.5, 0.6) is 0 Å². The third-order valence-electron chi connectivity index (χ3n) is 10.5. The summed E-state index contributed by atoms with van der Waals surface area (Å²) in [6.07, 6.45) is -2.22. The van der Waals surface area contributed by atoms with Crippen molar-refractivity contribution in [3.63, 3.8) is 0 Å². The summed E-state index contributed by atoms with van der Waals surface area (Å²) in [6, 6.07) is 49.7. The fourth-order valence-electron chi connectivity index (χ4n) is 7.69. The van der Waals surface area contributed by atoms with E-state index in [-0.39, 0.29) is 38.1 Å². The lowest BCUT2D eigenvalue weighted by molar-refractivity contribution is -0.300. The number of hydrogen-bond acceptors (Lipinski definition) is 8. The van der Waals surface area contributed by atoms with Gasteiger partial charge in [-0.2, -0.15) is 0 Å². The SMILES string of the molecule is C=CCOC[C@@H](CO[Si](c1ccccc1)(c1ccccc1)C(C)(C)C)O[C@H]1O[C@H](COCc2ccccc2)[C@@H](OCc2ccccc2)[C@H](OCc2ccccc2)[C@H]1N=[N+]=[N-]. The highest BCUT2D eigenvalue weighted by atomic mass is 28.4. The highest BCUT2D eigenvalue weighted by Crippen LogP contribution is 2.37. The Hall–Kier alpha value is -4.91. The average molecular weight is 828 g/mol. The van der Waals surface area contributed by atoms with E-state index in [2.05, 4.69) is 85.9 Å². The molecule has 5 aromatic rings. The fourth-order valence-corrected chi connectivity index (χ4v) is 12.3. The Morgan fingerprint density at radius 3 is 1.65 bits per heavy atom. The first kappa shape index (κ1) is 44.6. The van der Waals surface area contributed by atoms with Gasteiger partial charge in [0.15, 0.2) is 6.29 Å². The van der Waals surface area contributed by atoms with Crippen molar-refractivity contribution in [3.05, 3.63) is 191 Å². The second kappa shape index (κ2) is 22.6. The van der Waals surface area contributed by atoms with E-state index >= 15 is 0 Å². The zero-order valence-corrected chi connectivity index (χ0v) is 35.8. The first-order valence-electron chi connectivity index (χ1n) is 20.5. The van der Waals surface area contributed by atoms with E-state index < -0.39 is 45.1 Å². The van der Waals surface area contributed by atoms with Crippen LogP contribution in [0.2, 0.25) is 5.04 Å². The first-order chi connectivity index (χ1) is 29.3. The molecule has 0 unspecified atom stereocenters. The van der Waals surface area contributed by atoms with Gasteiger partial charge >= 0.3 is 0 Å². The number of benzene rings is 5. The molecule has 1 fully saturated rings. The van der Waals surface area contributed by atoms with Crippen molar-refractivity contribution in [2.45, 2.75) is 82.4 Å². The Kier molecular flexibility index (Phi) is 16.8. The van der Waals surface area contributed by atoms with E-state index in [1.54, 1.807) is 6.08 Å². The normalized spacial score (nSPS) is 19.9. The van der Waals surface area contributed by atoms with Crippen LogP contribution in [0, 0.1) is 0 Å². The minimum absolute atomic E-state index is 0.151. The second-order valence-corrected chi connectivity index (χ2v) is 20.1. The van der Waals surface area contributed by atoms with Crippen molar-refractivity contribution in [3.8, 4) is 0 Å². The Morgan fingerprint density at radius 1 is 0.683 bits per heavy atom. The molecule has 11 heteroatoms. The van der Waals surface area contributed by atoms with Gasteiger partial charge in [-0.05, 0) is 37.6 Å². The molecular weight excluding hydrogens is 771 g/mol. The summed E-state index contributed by atoms with van der Waals surface area (Å²) < 4.78 is 47.0. The summed E-state index contributed by atoms with van der Waals surface area (Å²) in [5, 5.41) is 6.31. The van der Waals surface area contributed by atoms with E-state index in [9.17, 15) is 5.53 Å². The van der Waals surface area contributed by atoms with Crippen molar-refractivity contribution < 1.29 is 32.8 Å². The zero-order chi connectivity index (χ0) is 42.0. The first-order valence-corrected chi connectivity index (χ1v) is 22.4. The minimum Gasteiger partial charge on any atom is -0.405 e. The largest absolute Gasteiger partial charge is 0.405 e. The van der Waals surface area contributed by atoms with Gasteiger partial charge in [-0.1, -0.05) is 184 Å². The third kappa shape index (κ3) is 11.9. The lowest BCUT2D eigenvalue weighted by Crippen LogP contribution is -2.67. The molecule has 10 nitrogen and oxygen atoms in total. The molecule has 5 aromatic carbocycles. The van der Waals surface area contributed by atoms with Crippen LogP contribution in [0.15, 0.2) is 169 Å². The Balaban J connectivity index is 1.35. The van der Waals surface area contributed by atoms with Gasteiger partial charge in [-0.25, -0.2) is 0 Å². The topological polar surface area (TPSA) is 113 Å². The molecule has 0 N–H and O–H groups in total. The fraction of sp³-hybridized carbons (Fsp3) is 0.347. The zero-order valence-electron chi connectivity index (χ0n) is 34.8. The van der Waals surface area contributed by atoms with Gasteiger partial charge in [-0.3, -0.25) is 0 Å². The maximum absolute atomic E-state index is 10.1. The highest BCUT2D eigenvalue weighted by Gasteiger charge is 2.52. The van der Waals surface area contributed by atoms with Gasteiger partial charge in [0.05, 0.1) is 46.2 Å². The van der Waals surface area contributed by atoms with Crippen molar-refractivity contribution in [1.82, 2.24) is 0 Å². The third-order valence-corrected chi connectivity index (χ3v) is 15.5. The van der Waals surface area contributed by atoms with E-state index in [0.717, 1.165) is 27.1 Å². The average Bonchev–Trinajstić information content (AvgIpc) is 3.27. The molecule has 0 amide bonds. The van der Waals surface area contributed by atoms with Crippen LogP contribution >= 0.6 is 0 Å². The van der Waals surface area contributed by atoms with Gasteiger partial charge in [0, 0.05) is 4.91 Å². The van der Waals surface area contributed by atoms with Crippen LogP contribution in [0.3, 0.4) is 0 Å². The standard InChI is InChI=1S/C49H57N3O7Si/c1-5-31-53-35-41(36-57-60(49(2,3)4,42-27-17-9-18-28-42)43-29-19-10-20-30-43)58-48-45(51-52-50)47(56-34-40-25-15-8-16-26-40)46(55-33-39-23-13-7-14-24-39)44(59-48)37-54-32-38-21-11-6-12-22-38/h5-30,41,44-48H,1,31-37H2,2-4H3/t41-,44+,45+,46+,47+,48-/m0/s1. The second-order valence-electron chi connectivity index (χ2n) is 15.8. The summed E-state index contributed by atoms with van der Waals surface area (Å²) in [5.41, 5.74) is 13.0. The monoisotopic (exact) mass is 827 g/mol. The predicted octanol–water partition coefficient (Wildman–Crippen LogP) is 8.94. The molecule has 1 aliphatic rings. The lowest BCUT2D eigenvalue weighted by atomic mass is 9.96. The van der Waals surface area contributed by atoms with Gasteiger partial charge in [-0.15, -0.1) is 6.58 Å². The molecule has 0 bridgehead atoms. The Morgan fingerprint density at radius 2 is 1.17 bits per heavy atom. The molecule has 1 saturated heterocycles. The molecule has 6 atom stereocenters. The highest BCUT2D eigenvalue weighted by molar-refractivity contribution is 6.99. The Labute approximate surface area is 355 Å². The predicted molar refractivity (Wildman–Crippen MR) is 237 cm³/mol. The number of ether oxygens (including phenoxy) is 6. The number of azide groups is 1. The molecule has 0 radical (unpaired) electrons. The maximum Gasteiger partial charge on any atom is 0.261 e. The van der Waals surface area contributed by atoms with Crippen LogP contribution in [-0.2, 0) is 52.7 Å². The van der Waals surface area contributed by atoms with Crippen LogP contribution in [-0.4, -0.2) is 71.5 Å². The number of nitrogens with zero attached hydrogens (tertiary/aromatic N) is 3. The molecule has 0 spiro atoms. The van der Waals surface area contributed by atoms with E-state index in [4.69, 9.17) is 32.8 Å². The van der Waals surface area contributed by atoms with Crippen LogP contribution < -0.4 is 10.4 Å². The van der Waals surface area contributed by atoms with E-state index in [0.29, 0.717) is 13.2 Å². The van der Waals surface area contributed by atoms with Crippen molar-refractivity contribution >= 4 is 18.7 Å². The number of rotatable bonds is 22. The molecule has 0 aliphatic carbocycles. The van der Waals surface area contributed by atoms with Gasteiger partial charge in [0.1, 0.15) is 30.5 Å². The summed E-state index contributed by atoms with van der Waals surface area (Å²) in [7, 11) is -2.98. The lowest BCUT2D eigenvalue weighted by Gasteiger charge is -2.46. The minimum atomic E-state index is -2.98. The van der Waals surface area contributed by atoms with Crippen LogP contribution in [0.25, 0.3) is 10.4 Å². The molecule has 314 valence electrons. The summed E-state index contributed by atoms with van der Waals surface area (Å²) >= 11 is 0. The summed E-state index contributed by atoms with van der Waals surface area (Å²) in [5.74, 6) is 0. The molecule has 6 rings (SSSR count). The van der Waals surface area contributed by atoms with Crippen molar-refractivity contribution in [1.29, 1.82) is 0 Å². The maximum atomic E-state index is 10.1. The van der Waals surface area contributed by atoms with Gasteiger partial charge < -0.3 is 32.8 Å². The Bertz CT molecular complexity index is 2000. The number of hydrogen-bond donors (Lipinski definition) is 0. The van der Waals surface area contributed by atoms with Crippen molar-refractivity contribution in [2.75, 3.05) is 26.4 Å². The van der Waals surface area contributed by atoms with E-state index in [1.807, 2.05) is 103 Å². The molecule has 0 aromatic heterocycles. The van der Waals surface area contributed by atoms with Crippen LogP contribution in [0.1, 0.15) is 37.5 Å². The molecular formula is C49H57N3O7Si. The van der Waals surface area contributed by atoms with E-state index in [1.165, 1.54) is 0 Å². The molecule has 60 heavy (non-hydrogen) atoms. The molecule has 1 heterocycles. The quantitative estimate of drug-likeness (QED) is 0.0171. The van der Waals surface area contributed by atoms with Gasteiger partial charge in [0.25, 0.3) is 8.32 Å². The molecule has 1 aliphatic heterocycles. The summed E-state index contributed by atoms with van der Waals surface area (Å²) in [4.78, 5) is 3.30. The smallest absolute Gasteiger partial charge is 0.261 e. The van der Waals surface area contributed by atoms with Crippen molar-refractivity contribution in [2.24, 2.45) is 5.11 Å².